The molecule has 0 aliphatic heterocycles. The maximum atomic E-state index is 10.7. The Morgan fingerprint density at radius 1 is 1.20 bits per heavy atom. The lowest BCUT2D eigenvalue weighted by atomic mass is 10.1. The van der Waals surface area contributed by atoms with Crippen LogP contribution in [-0.2, 0) is 4.79 Å². The summed E-state index contributed by atoms with van der Waals surface area (Å²) < 4.78 is 0. The molecule has 1 aromatic rings. The van der Waals surface area contributed by atoms with Crippen LogP contribution < -0.4 is 0 Å². The molecule has 0 atom stereocenters. The smallest absolute Gasteiger partial charge is 0.331 e. The van der Waals surface area contributed by atoms with E-state index in [9.17, 15) is 4.79 Å². The van der Waals surface area contributed by atoms with Crippen LogP contribution >= 0.6 is 0 Å². The van der Waals surface area contributed by atoms with E-state index in [1.54, 1.807) is 13.8 Å². The molecule has 1 rings (SSSR count). The molecule has 1 aromatic carbocycles. The van der Waals surface area contributed by atoms with Crippen LogP contribution in [0, 0.1) is 0 Å². The third kappa shape index (κ3) is 3.43. The molecular formula is C13H14O2. The second-order valence-corrected chi connectivity index (χ2v) is 3.36. The predicted molar refractivity (Wildman–Crippen MR) is 61.5 cm³/mol. The highest BCUT2D eigenvalue weighted by Crippen LogP contribution is 2.08. The molecule has 0 saturated carbocycles. The molecule has 0 fully saturated rings. The van der Waals surface area contributed by atoms with Gasteiger partial charge < -0.3 is 5.11 Å². The Morgan fingerprint density at radius 2 is 1.80 bits per heavy atom. The van der Waals surface area contributed by atoms with Gasteiger partial charge in [-0.1, -0.05) is 42.5 Å². The van der Waals surface area contributed by atoms with Gasteiger partial charge in [0.15, 0.2) is 0 Å². The summed E-state index contributed by atoms with van der Waals surface area (Å²) in [6.45, 7) is 3.40. The SMILES string of the molecule is CC(/C=C/c1ccccc1)=C(/C)C(=O)O. The lowest BCUT2D eigenvalue weighted by Gasteiger charge is -1.97. The molecule has 2 nitrogen and oxygen atoms in total. The molecule has 0 radical (unpaired) electrons. The zero-order chi connectivity index (χ0) is 11.3. The van der Waals surface area contributed by atoms with Crippen molar-refractivity contribution in [3.63, 3.8) is 0 Å². The summed E-state index contributed by atoms with van der Waals surface area (Å²) in [5.74, 6) is -0.870. The molecule has 2 heteroatoms. The fraction of sp³-hybridized carbons (Fsp3) is 0.154. The van der Waals surface area contributed by atoms with Crippen molar-refractivity contribution in [2.75, 3.05) is 0 Å². The molecule has 0 unspecified atom stereocenters. The molecule has 0 saturated heterocycles. The van der Waals surface area contributed by atoms with Crippen LogP contribution in [0.3, 0.4) is 0 Å². The van der Waals surface area contributed by atoms with E-state index in [0.29, 0.717) is 5.57 Å². The van der Waals surface area contributed by atoms with Crippen molar-refractivity contribution in [3.05, 3.63) is 53.1 Å². The van der Waals surface area contributed by atoms with Crippen LogP contribution in [-0.4, -0.2) is 11.1 Å². The Bertz CT molecular complexity index is 400. The highest BCUT2D eigenvalue weighted by molar-refractivity contribution is 5.87. The number of carboxylic acid groups (broad SMARTS) is 1. The highest BCUT2D eigenvalue weighted by atomic mass is 16.4. The second-order valence-electron chi connectivity index (χ2n) is 3.36. The number of benzene rings is 1. The van der Waals surface area contributed by atoms with E-state index in [4.69, 9.17) is 5.11 Å². The van der Waals surface area contributed by atoms with Gasteiger partial charge in [-0.05, 0) is 25.0 Å². The minimum atomic E-state index is -0.870. The fourth-order valence-electron chi connectivity index (χ4n) is 1.08. The van der Waals surface area contributed by atoms with Crippen LogP contribution in [0.4, 0.5) is 0 Å². The summed E-state index contributed by atoms with van der Waals surface area (Å²) in [4.78, 5) is 10.7. The van der Waals surface area contributed by atoms with Crippen molar-refractivity contribution in [1.29, 1.82) is 0 Å². The van der Waals surface area contributed by atoms with Crippen molar-refractivity contribution in [2.45, 2.75) is 13.8 Å². The molecule has 0 bridgehead atoms. The number of aliphatic carboxylic acids is 1. The van der Waals surface area contributed by atoms with Crippen molar-refractivity contribution in [3.8, 4) is 0 Å². The Morgan fingerprint density at radius 3 is 2.33 bits per heavy atom. The maximum Gasteiger partial charge on any atom is 0.331 e. The quantitative estimate of drug-likeness (QED) is 0.604. The first-order valence-electron chi connectivity index (χ1n) is 4.75. The van der Waals surface area contributed by atoms with Gasteiger partial charge in [-0.15, -0.1) is 0 Å². The van der Waals surface area contributed by atoms with Gasteiger partial charge in [0.1, 0.15) is 0 Å². The van der Waals surface area contributed by atoms with Crippen molar-refractivity contribution in [2.24, 2.45) is 0 Å². The number of rotatable bonds is 3. The van der Waals surface area contributed by atoms with E-state index >= 15 is 0 Å². The van der Waals surface area contributed by atoms with Gasteiger partial charge in [-0.3, -0.25) is 0 Å². The van der Waals surface area contributed by atoms with E-state index < -0.39 is 5.97 Å². The summed E-state index contributed by atoms with van der Waals surface area (Å²) in [7, 11) is 0. The predicted octanol–water partition coefficient (Wildman–Crippen LogP) is 3.12. The van der Waals surface area contributed by atoms with E-state index in [2.05, 4.69) is 0 Å². The largest absolute Gasteiger partial charge is 0.478 e. The van der Waals surface area contributed by atoms with Crippen LogP contribution in [0.15, 0.2) is 47.6 Å². The van der Waals surface area contributed by atoms with Gasteiger partial charge in [0.2, 0.25) is 0 Å². The number of hydrogen-bond acceptors (Lipinski definition) is 1. The average molecular weight is 202 g/mol. The van der Waals surface area contributed by atoms with E-state index in [-0.39, 0.29) is 0 Å². The second kappa shape index (κ2) is 5.15. The summed E-state index contributed by atoms with van der Waals surface area (Å²) in [5, 5.41) is 8.76. The first kappa shape index (κ1) is 11.2. The molecule has 0 aliphatic rings. The van der Waals surface area contributed by atoms with Gasteiger partial charge in [0.25, 0.3) is 0 Å². The lowest BCUT2D eigenvalue weighted by molar-refractivity contribution is -0.132. The zero-order valence-electron chi connectivity index (χ0n) is 8.90. The first-order chi connectivity index (χ1) is 7.11. The average Bonchev–Trinajstić information content (AvgIpc) is 2.26. The first-order valence-corrected chi connectivity index (χ1v) is 4.75. The van der Waals surface area contributed by atoms with Gasteiger partial charge in [-0.2, -0.15) is 0 Å². The van der Waals surface area contributed by atoms with Gasteiger partial charge in [-0.25, -0.2) is 4.79 Å². The number of carboxylic acids is 1. The molecule has 0 spiro atoms. The van der Waals surface area contributed by atoms with Crippen LogP contribution in [0.5, 0.6) is 0 Å². The van der Waals surface area contributed by atoms with E-state index in [1.807, 2.05) is 42.5 Å². The Hall–Kier alpha value is -1.83. The molecule has 0 aromatic heterocycles. The standard InChI is InChI=1S/C13H14O2/c1-10(11(2)13(14)15)8-9-12-6-4-3-5-7-12/h3-9H,1-2H3,(H,14,15)/b9-8+,11-10+. The van der Waals surface area contributed by atoms with Crippen LogP contribution in [0.25, 0.3) is 6.08 Å². The Balaban J connectivity index is 2.83. The Kier molecular flexibility index (Phi) is 3.86. The normalized spacial score (nSPS) is 12.7. The minimum Gasteiger partial charge on any atom is -0.478 e. The summed E-state index contributed by atoms with van der Waals surface area (Å²) in [5.41, 5.74) is 2.21. The number of allylic oxidation sites excluding steroid dienone is 2. The van der Waals surface area contributed by atoms with Crippen molar-refractivity contribution >= 4 is 12.0 Å². The van der Waals surface area contributed by atoms with Crippen molar-refractivity contribution < 1.29 is 9.90 Å². The zero-order valence-corrected chi connectivity index (χ0v) is 8.90. The molecule has 78 valence electrons. The molecular weight excluding hydrogens is 188 g/mol. The number of hydrogen-bond donors (Lipinski definition) is 1. The van der Waals surface area contributed by atoms with E-state index in [0.717, 1.165) is 11.1 Å². The minimum absolute atomic E-state index is 0.377. The number of carbonyl (C=O) groups is 1. The third-order valence-electron chi connectivity index (χ3n) is 2.24. The molecule has 15 heavy (non-hydrogen) atoms. The highest BCUT2D eigenvalue weighted by Gasteiger charge is 2.01. The van der Waals surface area contributed by atoms with Crippen molar-refractivity contribution in [1.82, 2.24) is 0 Å². The third-order valence-corrected chi connectivity index (χ3v) is 2.24. The van der Waals surface area contributed by atoms with E-state index in [1.165, 1.54) is 0 Å². The van der Waals surface area contributed by atoms with Crippen LogP contribution in [0.1, 0.15) is 19.4 Å². The lowest BCUT2D eigenvalue weighted by Crippen LogP contribution is -1.97. The maximum absolute atomic E-state index is 10.7. The molecule has 0 aliphatic carbocycles. The fourth-order valence-corrected chi connectivity index (χ4v) is 1.08. The van der Waals surface area contributed by atoms with Gasteiger partial charge in [0.05, 0.1) is 0 Å². The van der Waals surface area contributed by atoms with Crippen LogP contribution in [0.2, 0.25) is 0 Å². The molecule has 0 amide bonds. The molecule has 0 heterocycles. The summed E-state index contributed by atoms with van der Waals surface area (Å²) in [6, 6.07) is 9.79. The van der Waals surface area contributed by atoms with Gasteiger partial charge >= 0.3 is 5.97 Å². The van der Waals surface area contributed by atoms with Gasteiger partial charge in [0, 0.05) is 5.57 Å². The summed E-state index contributed by atoms with van der Waals surface area (Å²) in [6.07, 6.45) is 3.72. The monoisotopic (exact) mass is 202 g/mol. The Labute approximate surface area is 89.6 Å². The summed E-state index contributed by atoms with van der Waals surface area (Å²) >= 11 is 0. The molecule has 1 N–H and O–H groups in total. The topological polar surface area (TPSA) is 37.3 Å².